The highest BCUT2D eigenvalue weighted by atomic mass is 19.3. The van der Waals surface area contributed by atoms with E-state index < -0.39 is 11.5 Å². The Bertz CT molecular complexity index is 1280. The molecule has 6 rings (SSSR count). The molecular weight excluding hydrogens is 538 g/mol. The number of hydrogen-bond donors (Lipinski definition) is 1. The van der Waals surface area contributed by atoms with Gasteiger partial charge in [-0.05, 0) is 56.1 Å². The Hall–Kier alpha value is -3.33. The molecule has 224 valence electrons. The summed E-state index contributed by atoms with van der Waals surface area (Å²) in [6.45, 7) is 1.15. The first-order valence-electron chi connectivity index (χ1n) is 15.3. The van der Waals surface area contributed by atoms with Crippen molar-refractivity contribution in [1.82, 2.24) is 20.0 Å². The Labute approximate surface area is 246 Å². The van der Waals surface area contributed by atoms with Gasteiger partial charge in [0.2, 0.25) is 11.8 Å². The molecule has 3 aliphatic heterocycles. The van der Waals surface area contributed by atoms with Gasteiger partial charge >= 0.3 is 6.03 Å². The number of carbonyl (C=O) groups excluding carboxylic acids is 3. The van der Waals surface area contributed by atoms with Gasteiger partial charge in [-0.15, -0.1) is 0 Å². The SMILES string of the molecule is CN1C(=O)N(Cc2ccccc2)C2(CC3CCC(C2)N3CCC(NC(=O)C2CCC(F)(F)CC2)c2ccccc2)C1=O. The standard InChI is InChI=1S/C33H40F2N4O3/c1-37-30(41)32(39(31(37)42)22-23-8-4-2-5-9-23)20-26-12-13-27(21-32)38(26)19-16-28(24-10-6-3-7-11-24)36-29(40)25-14-17-33(34,35)18-15-25/h2-11,25-28H,12-22H2,1H3,(H,36,40). The molecule has 1 aliphatic carbocycles. The van der Waals surface area contributed by atoms with E-state index in [1.165, 1.54) is 4.90 Å². The second kappa shape index (κ2) is 11.4. The first-order valence-corrected chi connectivity index (χ1v) is 15.3. The molecule has 3 atom stereocenters. The van der Waals surface area contributed by atoms with Crippen LogP contribution in [0.4, 0.5) is 13.6 Å². The molecule has 2 aromatic rings. The molecule has 9 heteroatoms. The van der Waals surface area contributed by atoms with Crippen LogP contribution in [0.3, 0.4) is 0 Å². The van der Waals surface area contributed by atoms with Crippen molar-refractivity contribution in [2.24, 2.45) is 5.92 Å². The van der Waals surface area contributed by atoms with Crippen molar-refractivity contribution in [3.8, 4) is 0 Å². The van der Waals surface area contributed by atoms with Crippen LogP contribution >= 0.6 is 0 Å². The number of rotatable bonds is 8. The Kier molecular flexibility index (Phi) is 7.81. The van der Waals surface area contributed by atoms with Crippen LogP contribution in [0, 0.1) is 5.92 Å². The zero-order chi connectivity index (χ0) is 29.5. The lowest BCUT2D eigenvalue weighted by atomic mass is 9.81. The minimum atomic E-state index is -2.67. The lowest BCUT2D eigenvalue weighted by Crippen LogP contribution is -2.60. The average Bonchev–Trinajstić information content (AvgIpc) is 3.33. The van der Waals surface area contributed by atoms with Gasteiger partial charge in [-0.1, -0.05) is 60.7 Å². The summed E-state index contributed by atoms with van der Waals surface area (Å²) in [6, 6.07) is 19.5. The summed E-state index contributed by atoms with van der Waals surface area (Å²) < 4.78 is 27.4. The molecule has 4 amide bonds. The molecule has 2 aromatic carbocycles. The number of alkyl halides is 2. The fourth-order valence-electron chi connectivity index (χ4n) is 7.82. The third-order valence-electron chi connectivity index (χ3n) is 10.1. The maximum absolute atomic E-state index is 13.7. The lowest BCUT2D eigenvalue weighted by Gasteiger charge is -2.47. The van der Waals surface area contributed by atoms with Gasteiger partial charge in [0, 0.05) is 51.0 Å². The normalized spacial score (nSPS) is 28.5. The van der Waals surface area contributed by atoms with E-state index in [0.29, 0.717) is 25.8 Å². The van der Waals surface area contributed by atoms with Gasteiger partial charge in [-0.25, -0.2) is 13.6 Å². The summed E-state index contributed by atoms with van der Waals surface area (Å²) in [5.74, 6) is -3.31. The Morgan fingerprint density at radius 3 is 2.14 bits per heavy atom. The number of fused-ring (bicyclic) bond motifs is 2. The predicted molar refractivity (Wildman–Crippen MR) is 154 cm³/mol. The van der Waals surface area contributed by atoms with E-state index in [2.05, 4.69) is 10.2 Å². The van der Waals surface area contributed by atoms with Crippen LogP contribution in [0.15, 0.2) is 60.7 Å². The fourth-order valence-corrected chi connectivity index (χ4v) is 7.82. The van der Waals surface area contributed by atoms with Gasteiger partial charge in [0.15, 0.2) is 0 Å². The molecule has 7 nitrogen and oxygen atoms in total. The van der Waals surface area contributed by atoms with Gasteiger partial charge in [0.25, 0.3) is 5.91 Å². The number of piperidine rings is 1. The number of halogens is 2. The summed E-state index contributed by atoms with van der Waals surface area (Å²) in [7, 11) is 1.59. The summed E-state index contributed by atoms with van der Waals surface area (Å²) in [5.41, 5.74) is 1.17. The van der Waals surface area contributed by atoms with Crippen LogP contribution in [0.1, 0.15) is 75.0 Å². The van der Waals surface area contributed by atoms with E-state index in [1.807, 2.05) is 60.7 Å². The van der Waals surface area contributed by atoms with Crippen molar-refractivity contribution in [2.45, 2.75) is 93.9 Å². The van der Waals surface area contributed by atoms with Gasteiger partial charge in [0.05, 0.1) is 6.04 Å². The van der Waals surface area contributed by atoms with Gasteiger partial charge in [-0.2, -0.15) is 0 Å². The number of imide groups is 1. The van der Waals surface area contributed by atoms with Crippen molar-refractivity contribution in [3.63, 3.8) is 0 Å². The van der Waals surface area contributed by atoms with E-state index in [1.54, 1.807) is 11.9 Å². The zero-order valence-electron chi connectivity index (χ0n) is 24.2. The molecule has 0 aromatic heterocycles. The highest BCUT2D eigenvalue weighted by Crippen LogP contribution is 2.48. The van der Waals surface area contributed by atoms with Gasteiger partial charge in [0.1, 0.15) is 5.54 Å². The van der Waals surface area contributed by atoms with E-state index in [0.717, 1.165) is 30.5 Å². The van der Waals surface area contributed by atoms with Crippen molar-refractivity contribution in [1.29, 1.82) is 0 Å². The third kappa shape index (κ3) is 5.43. The zero-order valence-corrected chi connectivity index (χ0v) is 24.2. The number of urea groups is 1. The number of benzene rings is 2. The molecule has 4 aliphatic rings. The van der Waals surface area contributed by atoms with Crippen LogP contribution in [-0.4, -0.2) is 69.7 Å². The maximum Gasteiger partial charge on any atom is 0.327 e. The molecule has 3 heterocycles. The lowest BCUT2D eigenvalue weighted by molar-refractivity contribution is -0.137. The minimum absolute atomic E-state index is 0.104. The van der Waals surface area contributed by atoms with Gasteiger partial charge in [-0.3, -0.25) is 19.4 Å². The van der Waals surface area contributed by atoms with Crippen LogP contribution < -0.4 is 5.32 Å². The van der Waals surface area contributed by atoms with E-state index >= 15 is 0 Å². The largest absolute Gasteiger partial charge is 0.349 e. The number of carbonyl (C=O) groups is 3. The smallest absolute Gasteiger partial charge is 0.327 e. The number of likely N-dealkylation sites (N-methyl/N-ethyl adjacent to an activating group) is 1. The molecule has 1 N–H and O–H groups in total. The van der Waals surface area contributed by atoms with Crippen LogP contribution in [0.2, 0.25) is 0 Å². The topological polar surface area (TPSA) is 73.0 Å². The summed E-state index contributed by atoms with van der Waals surface area (Å²) >= 11 is 0. The second-order valence-corrected chi connectivity index (χ2v) is 12.7. The first-order chi connectivity index (χ1) is 20.2. The van der Waals surface area contributed by atoms with Crippen LogP contribution in [0.25, 0.3) is 0 Å². The van der Waals surface area contributed by atoms with Crippen LogP contribution in [-0.2, 0) is 16.1 Å². The first kappa shape index (κ1) is 28.8. The molecule has 3 unspecified atom stereocenters. The van der Waals surface area contributed by atoms with Gasteiger partial charge < -0.3 is 10.2 Å². The van der Waals surface area contributed by atoms with E-state index in [4.69, 9.17) is 0 Å². The number of amides is 4. The molecule has 2 bridgehead atoms. The number of nitrogens with one attached hydrogen (secondary N) is 1. The van der Waals surface area contributed by atoms with Crippen molar-refractivity contribution >= 4 is 17.8 Å². The van der Waals surface area contributed by atoms with E-state index in [-0.39, 0.29) is 67.6 Å². The van der Waals surface area contributed by atoms with E-state index in [9.17, 15) is 23.2 Å². The highest BCUT2D eigenvalue weighted by molar-refractivity contribution is 6.07. The summed E-state index contributed by atoms with van der Waals surface area (Å²) in [4.78, 5) is 45.7. The van der Waals surface area contributed by atoms with Crippen molar-refractivity contribution in [3.05, 3.63) is 71.8 Å². The molecule has 42 heavy (non-hydrogen) atoms. The Morgan fingerprint density at radius 1 is 0.929 bits per heavy atom. The quantitative estimate of drug-likeness (QED) is 0.419. The molecule has 4 fully saturated rings. The third-order valence-corrected chi connectivity index (χ3v) is 10.1. The molecule has 1 spiro atoms. The fraction of sp³-hybridized carbons (Fsp3) is 0.545. The highest BCUT2D eigenvalue weighted by Gasteiger charge is 2.61. The van der Waals surface area contributed by atoms with Crippen LogP contribution in [0.5, 0.6) is 0 Å². The molecular formula is C33H40F2N4O3. The molecule has 0 radical (unpaired) electrons. The average molecular weight is 579 g/mol. The Balaban J connectivity index is 1.16. The minimum Gasteiger partial charge on any atom is -0.349 e. The monoisotopic (exact) mass is 578 g/mol. The number of hydrogen-bond acceptors (Lipinski definition) is 4. The Morgan fingerprint density at radius 2 is 1.52 bits per heavy atom. The maximum atomic E-state index is 13.7. The summed E-state index contributed by atoms with van der Waals surface area (Å²) in [6.07, 6.45) is 3.76. The van der Waals surface area contributed by atoms with Crippen molar-refractivity contribution in [2.75, 3.05) is 13.6 Å². The molecule has 1 saturated carbocycles. The second-order valence-electron chi connectivity index (χ2n) is 12.7. The molecule has 3 saturated heterocycles. The summed E-state index contributed by atoms with van der Waals surface area (Å²) in [5, 5.41) is 3.20. The predicted octanol–water partition coefficient (Wildman–Crippen LogP) is 5.52. The number of nitrogens with zero attached hydrogens (tertiary/aromatic N) is 3. The van der Waals surface area contributed by atoms with Crippen molar-refractivity contribution < 1.29 is 23.2 Å².